The molecular formula is C16H6Cl6N2O2S2. The number of hydrogen-bond donors (Lipinski definition) is 1. The lowest BCUT2D eigenvalue weighted by Gasteiger charge is -2.34. The summed E-state index contributed by atoms with van der Waals surface area (Å²) in [4.78, 5) is 27.0. The van der Waals surface area contributed by atoms with E-state index in [1.165, 1.54) is 11.3 Å². The fraction of sp³-hybridized carbons (Fsp3) is 0.312. The second kappa shape index (κ2) is 5.80. The van der Waals surface area contributed by atoms with Crippen LogP contribution in [0, 0.1) is 15.8 Å². The third kappa shape index (κ3) is 1.95. The molecule has 12 heteroatoms. The largest absolute Gasteiger partial charge is 0.337 e. The molecule has 2 aliphatic carbocycles. The lowest BCUT2D eigenvalue weighted by Crippen LogP contribution is -2.50. The Morgan fingerprint density at radius 3 is 2.07 bits per heavy atom. The molecule has 1 saturated carbocycles. The second-order valence-corrected chi connectivity index (χ2v) is 11.8. The highest BCUT2D eigenvalue weighted by molar-refractivity contribution is 7.73. The fourth-order valence-corrected chi connectivity index (χ4v) is 8.35. The smallest absolute Gasteiger partial charge is 0.240 e. The Labute approximate surface area is 197 Å². The minimum atomic E-state index is -1.94. The number of allylic oxidation sites excluding steroid dienone is 2. The average Bonchev–Trinajstić information content (AvgIpc) is 3.19. The summed E-state index contributed by atoms with van der Waals surface area (Å²) in [5.41, 5.74) is 1.05. The molecule has 1 aliphatic heterocycles. The number of nitrogens with one attached hydrogen (secondary N) is 1. The molecule has 1 N–H and O–H groups in total. The number of fused-ring (bicyclic) bond motifs is 6. The molecular weight excluding hydrogens is 529 g/mol. The van der Waals surface area contributed by atoms with Gasteiger partial charge in [-0.05, 0) is 30.4 Å². The number of H-pyrrole nitrogens is 1. The molecule has 5 rings (SSSR count). The quantitative estimate of drug-likeness (QED) is 0.281. The fourth-order valence-electron chi connectivity index (χ4n) is 4.33. The first kappa shape index (κ1) is 19.9. The highest BCUT2D eigenvalue weighted by Gasteiger charge is 2.87. The number of halogens is 6. The van der Waals surface area contributed by atoms with Gasteiger partial charge in [-0.1, -0.05) is 46.4 Å². The SMILES string of the molecule is O=C1C2C(C(=O)N1c1ccc3sc(=S)[nH]c3c1)C1(Cl)C(Cl)=C(Cl)C2(Cl)C1(Cl)Cl. The Balaban J connectivity index is 1.69. The third-order valence-electron chi connectivity index (χ3n) is 5.57. The molecule has 1 saturated heterocycles. The molecule has 0 spiro atoms. The van der Waals surface area contributed by atoms with Gasteiger partial charge in [0.25, 0.3) is 0 Å². The number of amides is 2. The Morgan fingerprint density at radius 2 is 1.54 bits per heavy atom. The summed E-state index contributed by atoms with van der Waals surface area (Å²) < 4.78 is -0.465. The zero-order valence-electron chi connectivity index (χ0n) is 13.2. The van der Waals surface area contributed by atoms with Gasteiger partial charge >= 0.3 is 0 Å². The monoisotopic (exact) mass is 532 g/mol. The van der Waals surface area contributed by atoms with Crippen molar-refractivity contribution in [3.63, 3.8) is 0 Å². The van der Waals surface area contributed by atoms with Gasteiger partial charge in [0.1, 0.15) is 9.75 Å². The van der Waals surface area contributed by atoms with Crippen LogP contribution in [-0.4, -0.2) is 30.9 Å². The maximum absolute atomic E-state index is 13.3. The van der Waals surface area contributed by atoms with Crippen molar-refractivity contribution in [2.75, 3.05) is 4.90 Å². The lowest BCUT2D eigenvalue weighted by atomic mass is 9.84. The summed E-state index contributed by atoms with van der Waals surface area (Å²) in [5.74, 6) is -3.48. The van der Waals surface area contributed by atoms with Crippen LogP contribution in [0.1, 0.15) is 0 Å². The summed E-state index contributed by atoms with van der Waals surface area (Å²) in [6.07, 6.45) is 0. The molecule has 2 fully saturated rings. The van der Waals surface area contributed by atoms with Crippen molar-refractivity contribution in [1.82, 2.24) is 4.98 Å². The van der Waals surface area contributed by atoms with Gasteiger partial charge in [-0.15, -0.1) is 34.5 Å². The van der Waals surface area contributed by atoms with E-state index in [0.29, 0.717) is 15.2 Å². The number of thiazole rings is 1. The van der Waals surface area contributed by atoms with Gasteiger partial charge in [-0.2, -0.15) is 0 Å². The zero-order valence-corrected chi connectivity index (χ0v) is 19.4. The van der Waals surface area contributed by atoms with E-state index in [0.717, 1.165) is 9.60 Å². The first-order chi connectivity index (χ1) is 13.0. The molecule has 3 aliphatic rings. The van der Waals surface area contributed by atoms with Crippen molar-refractivity contribution < 1.29 is 9.59 Å². The Morgan fingerprint density at radius 1 is 1.00 bits per heavy atom. The number of alkyl halides is 4. The standard InChI is InChI=1S/C16H6Cl6N2O2S2/c17-9-10(18)15(20)8-7(14(9,19)16(15,21)22)11(25)24(12(8)26)4-1-2-6-5(3-4)23-13(27)28-6/h1-3,7-8H,(H,23,27). The van der Waals surface area contributed by atoms with Crippen molar-refractivity contribution in [1.29, 1.82) is 0 Å². The van der Waals surface area contributed by atoms with Crippen LogP contribution in [0.3, 0.4) is 0 Å². The number of carbonyl (C=O) groups is 2. The van der Waals surface area contributed by atoms with Crippen LogP contribution in [0.5, 0.6) is 0 Å². The van der Waals surface area contributed by atoms with E-state index in [1.807, 2.05) is 0 Å². The van der Waals surface area contributed by atoms with Gasteiger partial charge in [-0.3, -0.25) is 9.59 Å². The molecule has 28 heavy (non-hydrogen) atoms. The predicted octanol–water partition coefficient (Wildman–Crippen LogP) is 5.91. The van der Waals surface area contributed by atoms with Crippen molar-refractivity contribution in [2.45, 2.75) is 14.1 Å². The summed E-state index contributed by atoms with van der Waals surface area (Å²) in [6.45, 7) is 0. The number of hydrogen-bond acceptors (Lipinski definition) is 4. The minimum Gasteiger partial charge on any atom is -0.337 e. The van der Waals surface area contributed by atoms with Gasteiger partial charge in [0, 0.05) is 0 Å². The van der Waals surface area contributed by atoms with Crippen LogP contribution in [0.2, 0.25) is 0 Å². The number of imide groups is 1. The Bertz CT molecular complexity index is 1160. The summed E-state index contributed by atoms with van der Waals surface area (Å²) in [7, 11) is 0. The topological polar surface area (TPSA) is 53.2 Å². The van der Waals surface area contributed by atoms with Crippen molar-refractivity contribution in [2.24, 2.45) is 11.8 Å². The van der Waals surface area contributed by atoms with Crippen molar-refractivity contribution >= 4 is 121 Å². The molecule has 1 aromatic heterocycles. The molecule has 4 nitrogen and oxygen atoms in total. The maximum Gasteiger partial charge on any atom is 0.240 e. The van der Waals surface area contributed by atoms with Crippen molar-refractivity contribution in [3.05, 3.63) is 32.2 Å². The van der Waals surface area contributed by atoms with Gasteiger partial charge in [-0.25, -0.2) is 4.90 Å². The first-order valence-corrected chi connectivity index (χ1v) is 11.3. The summed E-state index contributed by atoms with van der Waals surface area (Å²) in [5, 5.41) is -0.227. The van der Waals surface area contributed by atoms with Gasteiger partial charge in [0.15, 0.2) is 8.29 Å². The van der Waals surface area contributed by atoms with E-state index in [-0.39, 0.29) is 10.1 Å². The Hall–Kier alpha value is -0.0500. The average molecular weight is 535 g/mol. The van der Waals surface area contributed by atoms with E-state index in [2.05, 4.69) is 4.98 Å². The molecule has 1 aromatic carbocycles. The summed E-state index contributed by atoms with van der Waals surface area (Å²) in [6, 6.07) is 5.07. The van der Waals surface area contributed by atoms with E-state index in [4.69, 9.17) is 81.8 Å². The number of rotatable bonds is 1. The molecule has 2 aromatic rings. The first-order valence-electron chi connectivity index (χ1n) is 7.80. The highest BCUT2D eigenvalue weighted by Crippen LogP contribution is 2.77. The molecule has 146 valence electrons. The van der Waals surface area contributed by atoms with Crippen LogP contribution in [0.25, 0.3) is 10.2 Å². The maximum atomic E-state index is 13.3. The van der Waals surface area contributed by atoms with Crippen LogP contribution in [-0.2, 0) is 9.59 Å². The minimum absolute atomic E-state index is 0.113. The van der Waals surface area contributed by atoms with E-state index in [9.17, 15) is 9.59 Å². The van der Waals surface area contributed by atoms with Crippen LogP contribution in [0.4, 0.5) is 5.69 Å². The molecule has 0 radical (unpaired) electrons. The normalized spacial score (nSPS) is 36.1. The molecule has 2 bridgehead atoms. The zero-order chi connectivity index (χ0) is 20.4. The van der Waals surface area contributed by atoms with Gasteiger partial charge < -0.3 is 4.98 Å². The van der Waals surface area contributed by atoms with E-state index >= 15 is 0 Å². The van der Waals surface area contributed by atoms with Crippen LogP contribution in [0.15, 0.2) is 28.3 Å². The molecule has 2 amide bonds. The number of anilines is 1. The molecule has 2 heterocycles. The predicted molar refractivity (Wildman–Crippen MR) is 117 cm³/mol. The van der Waals surface area contributed by atoms with Gasteiger partial charge in [0.2, 0.25) is 11.8 Å². The third-order valence-corrected chi connectivity index (χ3v) is 11.0. The number of aromatic nitrogens is 1. The van der Waals surface area contributed by atoms with Crippen LogP contribution < -0.4 is 4.90 Å². The van der Waals surface area contributed by atoms with E-state index in [1.54, 1.807) is 18.2 Å². The highest BCUT2D eigenvalue weighted by atomic mass is 35.5. The number of aromatic amines is 1. The van der Waals surface area contributed by atoms with Crippen LogP contribution >= 0.6 is 93.2 Å². The van der Waals surface area contributed by atoms with Gasteiger partial charge in [0.05, 0.1) is 37.8 Å². The Kier molecular flexibility index (Phi) is 4.12. The number of nitrogens with zero attached hydrogens (tertiary/aromatic N) is 1. The molecule has 4 atom stereocenters. The van der Waals surface area contributed by atoms with Crippen molar-refractivity contribution in [3.8, 4) is 0 Å². The number of carbonyl (C=O) groups excluding carboxylic acids is 2. The molecule has 4 unspecified atom stereocenters. The van der Waals surface area contributed by atoms with E-state index < -0.39 is 37.7 Å². The second-order valence-electron chi connectivity index (χ2n) is 6.79. The lowest BCUT2D eigenvalue weighted by molar-refractivity contribution is -0.123. The summed E-state index contributed by atoms with van der Waals surface area (Å²) >= 11 is 45.4. The number of benzene rings is 1.